The highest BCUT2D eigenvalue weighted by Gasteiger charge is 2.48. The molecule has 2 amide bonds. The van der Waals surface area contributed by atoms with Gasteiger partial charge >= 0.3 is 12.2 Å². The number of ether oxygens (including phenoxy) is 2. The highest BCUT2D eigenvalue weighted by molar-refractivity contribution is 5.70. The van der Waals surface area contributed by atoms with Crippen molar-refractivity contribution in [2.45, 2.75) is 45.4 Å². The minimum atomic E-state index is -0.590. The molecule has 7 nitrogen and oxygen atoms in total. The number of benzene rings is 1. The predicted molar refractivity (Wildman–Crippen MR) is 104 cm³/mol. The first-order chi connectivity index (χ1) is 13.3. The van der Waals surface area contributed by atoms with Crippen molar-refractivity contribution in [1.82, 2.24) is 9.80 Å². The van der Waals surface area contributed by atoms with Crippen LogP contribution in [0.25, 0.3) is 0 Å². The summed E-state index contributed by atoms with van der Waals surface area (Å²) in [7, 11) is 0. The molecule has 2 aliphatic heterocycles. The normalized spacial score (nSPS) is 24.6. The van der Waals surface area contributed by atoms with Crippen LogP contribution in [0.4, 0.5) is 9.59 Å². The van der Waals surface area contributed by atoms with E-state index in [0.717, 1.165) is 12.0 Å². The fraction of sp³-hybridized carbons (Fsp3) is 0.619. The largest absolute Gasteiger partial charge is 0.445 e. The van der Waals surface area contributed by atoms with E-state index in [9.17, 15) is 14.7 Å². The lowest BCUT2D eigenvalue weighted by atomic mass is 9.85. The Hall–Kier alpha value is -2.28. The summed E-state index contributed by atoms with van der Waals surface area (Å²) in [5, 5.41) is 9.74. The maximum Gasteiger partial charge on any atom is 0.410 e. The molecule has 3 atom stereocenters. The Kier molecular flexibility index (Phi) is 6.13. The molecule has 7 heteroatoms. The molecule has 1 N–H and O–H groups in total. The smallest absolute Gasteiger partial charge is 0.410 e. The Balaban J connectivity index is 1.63. The number of piperidine rings is 1. The van der Waals surface area contributed by atoms with E-state index in [1.54, 1.807) is 9.80 Å². The maximum atomic E-state index is 12.7. The molecule has 154 valence electrons. The van der Waals surface area contributed by atoms with Crippen LogP contribution in [0.15, 0.2) is 30.3 Å². The average Bonchev–Trinajstić information content (AvgIpc) is 3.03. The number of carbonyl (C=O) groups is 2. The highest BCUT2D eigenvalue weighted by Crippen LogP contribution is 2.37. The number of aliphatic hydroxyl groups excluding tert-OH is 1. The van der Waals surface area contributed by atoms with Crippen LogP contribution >= 0.6 is 0 Å². The second kappa shape index (κ2) is 8.39. The van der Waals surface area contributed by atoms with Gasteiger partial charge in [-0.2, -0.15) is 0 Å². The number of hydrogen-bond acceptors (Lipinski definition) is 5. The van der Waals surface area contributed by atoms with E-state index in [1.165, 1.54) is 0 Å². The van der Waals surface area contributed by atoms with Gasteiger partial charge in [0.05, 0.1) is 6.04 Å². The van der Waals surface area contributed by atoms with Crippen LogP contribution in [0.5, 0.6) is 0 Å². The second-order valence-electron chi connectivity index (χ2n) is 8.58. The highest BCUT2D eigenvalue weighted by atomic mass is 16.6. The summed E-state index contributed by atoms with van der Waals surface area (Å²) in [6.45, 7) is 7.15. The van der Waals surface area contributed by atoms with Crippen molar-refractivity contribution < 1.29 is 24.2 Å². The van der Waals surface area contributed by atoms with Crippen LogP contribution in [-0.4, -0.2) is 65.0 Å². The quantitative estimate of drug-likeness (QED) is 0.859. The van der Waals surface area contributed by atoms with Crippen LogP contribution < -0.4 is 0 Å². The summed E-state index contributed by atoms with van der Waals surface area (Å²) in [6.07, 6.45) is -0.0350. The molecular weight excluding hydrogens is 360 g/mol. The van der Waals surface area contributed by atoms with Gasteiger partial charge in [0.25, 0.3) is 0 Å². The van der Waals surface area contributed by atoms with Crippen LogP contribution in [0.3, 0.4) is 0 Å². The zero-order valence-corrected chi connectivity index (χ0v) is 16.8. The van der Waals surface area contributed by atoms with Crippen molar-refractivity contribution >= 4 is 12.2 Å². The van der Waals surface area contributed by atoms with Gasteiger partial charge in [-0.1, -0.05) is 30.3 Å². The minimum absolute atomic E-state index is 0.0139. The van der Waals surface area contributed by atoms with Crippen LogP contribution in [0.2, 0.25) is 0 Å². The van der Waals surface area contributed by atoms with Crippen molar-refractivity contribution in [2.24, 2.45) is 11.8 Å². The van der Waals surface area contributed by atoms with Gasteiger partial charge in [-0.05, 0) is 38.7 Å². The summed E-state index contributed by atoms with van der Waals surface area (Å²) < 4.78 is 11.0. The van der Waals surface area contributed by atoms with Gasteiger partial charge in [-0.3, -0.25) is 0 Å². The number of aliphatic hydroxyl groups is 1. The first kappa shape index (κ1) is 20.5. The Bertz CT molecular complexity index is 688. The van der Waals surface area contributed by atoms with E-state index in [1.807, 2.05) is 51.1 Å². The summed E-state index contributed by atoms with van der Waals surface area (Å²) in [6, 6.07) is 9.38. The van der Waals surface area contributed by atoms with Crippen molar-refractivity contribution in [3.63, 3.8) is 0 Å². The first-order valence-electron chi connectivity index (χ1n) is 9.84. The minimum Gasteiger partial charge on any atom is -0.445 e. The molecule has 28 heavy (non-hydrogen) atoms. The predicted octanol–water partition coefficient (Wildman–Crippen LogP) is 2.87. The van der Waals surface area contributed by atoms with Crippen LogP contribution in [-0.2, 0) is 16.1 Å². The third kappa shape index (κ3) is 4.76. The van der Waals surface area contributed by atoms with Gasteiger partial charge < -0.3 is 24.4 Å². The van der Waals surface area contributed by atoms with Crippen molar-refractivity contribution in [3.8, 4) is 0 Å². The Morgan fingerprint density at radius 3 is 2.50 bits per heavy atom. The zero-order chi connectivity index (χ0) is 20.3. The molecule has 2 saturated heterocycles. The Labute approximate surface area is 166 Å². The number of nitrogens with zero attached hydrogens (tertiary/aromatic N) is 2. The molecule has 0 aliphatic carbocycles. The number of rotatable bonds is 3. The van der Waals surface area contributed by atoms with Gasteiger partial charge in [0.2, 0.25) is 0 Å². The first-order valence-corrected chi connectivity index (χ1v) is 9.84. The van der Waals surface area contributed by atoms with E-state index in [-0.39, 0.29) is 37.2 Å². The maximum absolute atomic E-state index is 12.7. The second-order valence-corrected chi connectivity index (χ2v) is 8.58. The number of fused-ring (bicyclic) bond motifs is 1. The molecule has 1 aromatic carbocycles. The number of carbonyl (C=O) groups excluding carboxylic acids is 2. The van der Waals surface area contributed by atoms with Gasteiger partial charge in [0, 0.05) is 32.2 Å². The lowest BCUT2D eigenvalue weighted by Gasteiger charge is -2.38. The van der Waals surface area contributed by atoms with E-state index in [0.29, 0.717) is 19.6 Å². The molecule has 2 fully saturated rings. The fourth-order valence-electron chi connectivity index (χ4n) is 4.05. The van der Waals surface area contributed by atoms with Gasteiger partial charge in [-0.25, -0.2) is 9.59 Å². The molecule has 0 spiro atoms. The standard InChI is InChI=1S/C21H30N2O5/c1-21(2,3)28-20(26)23-11-16(13-24)17-9-10-22(12-18(17)23)19(25)27-14-15-7-5-4-6-8-15/h4-8,16-18,24H,9-14H2,1-3H3/t16-,17+,18+/m1/s1. The summed E-state index contributed by atoms with van der Waals surface area (Å²) in [5.74, 6) is 0.177. The summed E-state index contributed by atoms with van der Waals surface area (Å²) in [4.78, 5) is 28.5. The molecule has 0 aromatic heterocycles. The van der Waals surface area contributed by atoms with Gasteiger partial charge in [0.1, 0.15) is 12.2 Å². The third-order valence-electron chi connectivity index (χ3n) is 5.40. The van der Waals surface area contributed by atoms with Crippen molar-refractivity contribution in [2.75, 3.05) is 26.2 Å². The molecular formula is C21H30N2O5. The average molecular weight is 390 g/mol. The van der Waals surface area contributed by atoms with E-state index >= 15 is 0 Å². The van der Waals surface area contributed by atoms with Crippen LogP contribution in [0, 0.1) is 11.8 Å². The van der Waals surface area contributed by atoms with Gasteiger partial charge in [-0.15, -0.1) is 0 Å². The third-order valence-corrected chi connectivity index (χ3v) is 5.40. The van der Waals surface area contributed by atoms with Crippen molar-refractivity contribution in [1.29, 1.82) is 0 Å². The number of likely N-dealkylation sites (tertiary alicyclic amines) is 2. The molecule has 2 heterocycles. The van der Waals surface area contributed by atoms with Gasteiger partial charge in [0.15, 0.2) is 0 Å². The molecule has 1 aromatic rings. The monoisotopic (exact) mass is 390 g/mol. The zero-order valence-electron chi connectivity index (χ0n) is 16.8. The topological polar surface area (TPSA) is 79.3 Å². The molecule has 0 bridgehead atoms. The summed E-state index contributed by atoms with van der Waals surface area (Å²) in [5.41, 5.74) is 0.342. The Morgan fingerprint density at radius 2 is 1.86 bits per heavy atom. The molecule has 0 unspecified atom stereocenters. The Morgan fingerprint density at radius 1 is 1.14 bits per heavy atom. The fourth-order valence-corrected chi connectivity index (χ4v) is 4.05. The number of amides is 2. The van der Waals surface area contributed by atoms with Crippen molar-refractivity contribution in [3.05, 3.63) is 35.9 Å². The van der Waals surface area contributed by atoms with E-state index in [4.69, 9.17) is 9.47 Å². The van der Waals surface area contributed by atoms with Crippen LogP contribution in [0.1, 0.15) is 32.8 Å². The lowest BCUT2D eigenvalue weighted by Crippen LogP contribution is -2.52. The molecule has 2 aliphatic rings. The van der Waals surface area contributed by atoms with E-state index < -0.39 is 11.7 Å². The summed E-state index contributed by atoms with van der Waals surface area (Å²) >= 11 is 0. The lowest BCUT2D eigenvalue weighted by molar-refractivity contribution is 0.0107. The molecule has 3 rings (SSSR count). The SMILES string of the molecule is CC(C)(C)OC(=O)N1C[C@H](CO)[C@@H]2CCN(C(=O)OCc3ccccc3)C[C@@H]21. The molecule has 0 saturated carbocycles. The molecule has 0 radical (unpaired) electrons. The number of hydrogen-bond donors (Lipinski definition) is 1. The van der Waals surface area contributed by atoms with E-state index in [2.05, 4.69) is 0 Å².